The summed E-state index contributed by atoms with van der Waals surface area (Å²) in [6.45, 7) is 5.73. The number of aliphatic carboxylic acids is 1. The molecule has 0 saturated carbocycles. The summed E-state index contributed by atoms with van der Waals surface area (Å²) in [5.41, 5.74) is 5.18. The van der Waals surface area contributed by atoms with Crippen LogP contribution in [0.2, 0.25) is 0 Å². The van der Waals surface area contributed by atoms with Crippen LogP contribution in [-0.2, 0) is 30.7 Å². The molecular formula is C22H29NO3. The van der Waals surface area contributed by atoms with E-state index < -0.39 is 5.97 Å². The van der Waals surface area contributed by atoms with Gasteiger partial charge in [0, 0.05) is 6.54 Å². The number of carboxylic acid groups (broad SMARTS) is 1. The first-order valence-corrected chi connectivity index (χ1v) is 9.24. The summed E-state index contributed by atoms with van der Waals surface area (Å²) in [6, 6.07) is 14.6. The highest BCUT2D eigenvalue weighted by atomic mass is 16.5. The lowest BCUT2D eigenvalue weighted by Gasteiger charge is -2.14. The second kappa shape index (κ2) is 9.97. The molecule has 0 aliphatic carbocycles. The lowest BCUT2D eigenvalue weighted by molar-refractivity contribution is -0.137. The predicted molar refractivity (Wildman–Crippen MR) is 105 cm³/mol. The molecule has 0 unspecified atom stereocenters. The minimum Gasteiger partial charge on any atom is -0.489 e. The van der Waals surface area contributed by atoms with Gasteiger partial charge < -0.3 is 9.84 Å². The van der Waals surface area contributed by atoms with Crippen LogP contribution < -0.4 is 4.74 Å². The molecular weight excluding hydrogens is 326 g/mol. The Labute approximate surface area is 156 Å². The van der Waals surface area contributed by atoms with Crippen molar-refractivity contribution in [3.8, 4) is 5.75 Å². The quantitative estimate of drug-likeness (QED) is 0.701. The number of aryl methyl sites for hydroxylation is 2. The minimum atomic E-state index is -0.797. The highest BCUT2D eigenvalue weighted by Gasteiger charge is 2.05. The Morgan fingerprint density at radius 1 is 1.00 bits per heavy atom. The number of carbonyl (C=O) groups is 1. The Morgan fingerprint density at radius 2 is 1.65 bits per heavy atom. The van der Waals surface area contributed by atoms with Crippen molar-refractivity contribution in [1.29, 1.82) is 0 Å². The van der Waals surface area contributed by atoms with Gasteiger partial charge in [0.05, 0.1) is 6.54 Å². The lowest BCUT2D eigenvalue weighted by atomic mass is 10.0. The van der Waals surface area contributed by atoms with Gasteiger partial charge in [0.1, 0.15) is 12.4 Å². The Balaban J connectivity index is 1.86. The van der Waals surface area contributed by atoms with Crippen molar-refractivity contribution in [3.63, 3.8) is 0 Å². The fourth-order valence-corrected chi connectivity index (χ4v) is 2.99. The third-order valence-electron chi connectivity index (χ3n) is 4.55. The third kappa shape index (κ3) is 6.19. The van der Waals surface area contributed by atoms with Gasteiger partial charge in [0.2, 0.25) is 0 Å². The molecule has 0 heterocycles. The minimum absolute atomic E-state index is 0.0672. The number of ether oxygens (including phenoxy) is 1. The molecule has 0 saturated heterocycles. The van der Waals surface area contributed by atoms with Crippen LogP contribution in [0.5, 0.6) is 5.75 Å². The monoisotopic (exact) mass is 355 g/mol. The SMILES string of the molecule is CCc1ccc(COc2ccc(CCN(C)CC(=O)O)cc2)cc1CC. The summed E-state index contributed by atoms with van der Waals surface area (Å²) in [7, 11) is 1.82. The molecule has 1 N–H and O–H groups in total. The third-order valence-corrected chi connectivity index (χ3v) is 4.55. The first kappa shape index (κ1) is 20.0. The summed E-state index contributed by atoms with van der Waals surface area (Å²) in [5, 5.41) is 8.77. The molecule has 2 aromatic carbocycles. The molecule has 0 amide bonds. The Morgan fingerprint density at radius 3 is 2.27 bits per heavy atom. The van der Waals surface area contributed by atoms with Gasteiger partial charge in [-0.2, -0.15) is 0 Å². The van der Waals surface area contributed by atoms with Crippen molar-refractivity contribution < 1.29 is 14.6 Å². The molecule has 0 fully saturated rings. The summed E-state index contributed by atoms with van der Waals surface area (Å²) < 4.78 is 5.91. The van der Waals surface area contributed by atoms with Crippen LogP contribution in [-0.4, -0.2) is 36.1 Å². The van der Waals surface area contributed by atoms with Gasteiger partial charge in [0.15, 0.2) is 0 Å². The maximum atomic E-state index is 10.7. The van der Waals surface area contributed by atoms with Gasteiger partial charge >= 0.3 is 5.97 Å². The first-order valence-electron chi connectivity index (χ1n) is 9.24. The largest absolute Gasteiger partial charge is 0.489 e. The van der Waals surface area contributed by atoms with E-state index >= 15 is 0 Å². The molecule has 0 bridgehead atoms. The number of benzene rings is 2. The second-order valence-electron chi connectivity index (χ2n) is 6.62. The number of rotatable bonds is 10. The molecule has 4 heteroatoms. The maximum Gasteiger partial charge on any atom is 0.317 e. The standard InChI is InChI=1S/C22H29NO3/c1-4-19-9-6-18(14-20(19)5-2)16-26-21-10-7-17(8-11-21)12-13-23(3)15-22(24)25/h6-11,14H,4-5,12-13,15-16H2,1-3H3,(H,24,25). The van der Waals surface area contributed by atoms with E-state index in [1.165, 1.54) is 22.3 Å². The van der Waals surface area contributed by atoms with Crippen molar-refractivity contribution in [2.75, 3.05) is 20.1 Å². The number of carboxylic acids is 1. The van der Waals surface area contributed by atoms with Crippen LogP contribution >= 0.6 is 0 Å². The van der Waals surface area contributed by atoms with Crippen molar-refractivity contribution in [1.82, 2.24) is 4.90 Å². The molecule has 26 heavy (non-hydrogen) atoms. The van der Waals surface area contributed by atoms with E-state index in [4.69, 9.17) is 9.84 Å². The number of hydrogen-bond acceptors (Lipinski definition) is 3. The van der Waals surface area contributed by atoms with E-state index in [0.717, 1.165) is 31.6 Å². The zero-order valence-corrected chi connectivity index (χ0v) is 16.0. The topological polar surface area (TPSA) is 49.8 Å². The predicted octanol–water partition coefficient (Wildman–Crippen LogP) is 3.95. The molecule has 0 spiro atoms. The Kier molecular flexibility index (Phi) is 7.67. The van der Waals surface area contributed by atoms with Crippen LogP contribution in [0.1, 0.15) is 36.1 Å². The zero-order valence-electron chi connectivity index (χ0n) is 16.0. The maximum absolute atomic E-state index is 10.7. The molecule has 4 nitrogen and oxygen atoms in total. The van der Waals surface area contributed by atoms with Crippen molar-refractivity contribution >= 4 is 5.97 Å². The molecule has 0 radical (unpaired) electrons. The molecule has 0 aliphatic heterocycles. The smallest absolute Gasteiger partial charge is 0.317 e. The van der Waals surface area contributed by atoms with Gasteiger partial charge in [0.25, 0.3) is 0 Å². The van der Waals surface area contributed by atoms with Crippen LogP contribution in [0.4, 0.5) is 0 Å². The van der Waals surface area contributed by atoms with Crippen molar-refractivity contribution in [3.05, 3.63) is 64.7 Å². The van der Waals surface area contributed by atoms with Gasteiger partial charge in [-0.1, -0.05) is 44.2 Å². The molecule has 2 aromatic rings. The Bertz CT molecular complexity index is 710. The van der Waals surface area contributed by atoms with Gasteiger partial charge in [-0.05, 0) is 60.7 Å². The van der Waals surface area contributed by atoms with E-state index in [1.54, 1.807) is 4.90 Å². The summed E-state index contributed by atoms with van der Waals surface area (Å²) in [4.78, 5) is 12.5. The van der Waals surface area contributed by atoms with Crippen LogP contribution in [0.3, 0.4) is 0 Å². The van der Waals surface area contributed by atoms with Gasteiger partial charge in [-0.3, -0.25) is 9.69 Å². The molecule has 140 valence electrons. The normalized spacial score (nSPS) is 10.9. The van der Waals surface area contributed by atoms with E-state index in [-0.39, 0.29) is 6.54 Å². The molecule has 0 aliphatic rings. The zero-order chi connectivity index (χ0) is 18.9. The van der Waals surface area contributed by atoms with E-state index in [2.05, 4.69) is 32.0 Å². The average molecular weight is 355 g/mol. The van der Waals surface area contributed by atoms with Crippen LogP contribution in [0.15, 0.2) is 42.5 Å². The van der Waals surface area contributed by atoms with Crippen LogP contribution in [0.25, 0.3) is 0 Å². The summed E-state index contributed by atoms with van der Waals surface area (Å²) in [5.74, 6) is 0.0553. The highest BCUT2D eigenvalue weighted by Crippen LogP contribution is 2.18. The van der Waals surface area contributed by atoms with E-state index in [1.807, 2.05) is 31.3 Å². The fraction of sp³-hybridized carbons (Fsp3) is 0.409. The second-order valence-corrected chi connectivity index (χ2v) is 6.62. The number of hydrogen-bond donors (Lipinski definition) is 1. The highest BCUT2D eigenvalue weighted by molar-refractivity contribution is 5.69. The number of likely N-dealkylation sites (N-methyl/N-ethyl adjacent to an activating group) is 1. The van der Waals surface area contributed by atoms with Crippen molar-refractivity contribution in [2.45, 2.75) is 39.7 Å². The van der Waals surface area contributed by atoms with E-state index in [0.29, 0.717) is 6.61 Å². The molecule has 0 atom stereocenters. The number of nitrogens with zero attached hydrogens (tertiary/aromatic N) is 1. The summed E-state index contributed by atoms with van der Waals surface area (Å²) in [6.07, 6.45) is 2.93. The van der Waals surface area contributed by atoms with Gasteiger partial charge in [-0.25, -0.2) is 0 Å². The Hall–Kier alpha value is -2.33. The van der Waals surface area contributed by atoms with Gasteiger partial charge in [-0.15, -0.1) is 0 Å². The lowest BCUT2D eigenvalue weighted by Crippen LogP contribution is -2.27. The average Bonchev–Trinajstić information content (AvgIpc) is 2.64. The van der Waals surface area contributed by atoms with Crippen molar-refractivity contribution in [2.24, 2.45) is 0 Å². The fourth-order valence-electron chi connectivity index (χ4n) is 2.99. The van der Waals surface area contributed by atoms with Crippen LogP contribution in [0, 0.1) is 0 Å². The summed E-state index contributed by atoms with van der Waals surface area (Å²) >= 11 is 0. The first-order chi connectivity index (χ1) is 12.5. The molecule has 2 rings (SSSR count). The van der Waals surface area contributed by atoms with E-state index in [9.17, 15) is 4.79 Å². The molecule has 0 aromatic heterocycles.